The zero-order valence-electron chi connectivity index (χ0n) is 12.1. The second-order valence-corrected chi connectivity index (χ2v) is 5.55. The minimum atomic E-state index is 0.208. The highest BCUT2D eigenvalue weighted by molar-refractivity contribution is 5.96. The molecular weight excluding hydrogens is 236 g/mol. The van der Waals surface area contributed by atoms with Crippen molar-refractivity contribution >= 4 is 11.5 Å². The van der Waals surface area contributed by atoms with E-state index < -0.39 is 0 Å². The molecule has 1 aromatic carbocycles. The number of anilines is 1. The largest absolute Gasteiger partial charge is 0.382 e. The fourth-order valence-corrected chi connectivity index (χ4v) is 2.61. The highest BCUT2D eigenvalue weighted by Crippen LogP contribution is 2.20. The molecule has 1 aliphatic heterocycles. The number of nitrogens with zero attached hydrogens (tertiary/aromatic N) is 1. The number of nitrogens with one attached hydrogen (secondary N) is 1. The minimum absolute atomic E-state index is 0.208. The zero-order chi connectivity index (χ0) is 13.8. The Kier molecular flexibility index (Phi) is 4.59. The second kappa shape index (κ2) is 6.20. The average Bonchev–Trinajstić information content (AvgIpc) is 2.43. The van der Waals surface area contributed by atoms with Crippen LogP contribution in [0.5, 0.6) is 0 Å². The average molecular weight is 260 g/mol. The molecule has 1 heterocycles. The van der Waals surface area contributed by atoms with Crippen LogP contribution in [-0.2, 0) is 0 Å². The number of carbonyl (C=O) groups excluding carboxylic acids is 1. The van der Waals surface area contributed by atoms with Gasteiger partial charge in [0.2, 0.25) is 0 Å². The maximum absolute atomic E-state index is 11.6. The monoisotopic (exact) mass is 260 g/mol. The van der Waals surface area contributed by atoms with Crippen molar-refractivity contribution in [1.82, 2.24) is 4.90 Å². The van der Waals surface area contributed by atoms with Gasteiger partial charge in [-0.2, -0.15) is 0 Å². The molecule has 19 heavy (non-hydrogen) atoms. The van der Waals surface area contributed by atoms with Gasteiger partial charge in [-0.05, 0) is 51.1 Å². The van der Waals surface area contributed by atoms with E-state index in [0.29, 0.717) is 18.5 Å². The summed E-state index contributed by atoms with van der Waals surface area (Å²) in [6, 6.07) is 9.06. The molecule has 1 aliphatic rings. The van der Waals surface area contributed by atoms with Gasteiger partial charge in [0, 0.05) is 36.3 Å². The van der Waals surface area contributed by atoms with Gasteiger partial charge in [0.15, 0.2) is 5.78 Å². The van der Waals surface area contributed by atoms with Gasteiger partial charge in [-0.1, -0.05) is 6.92 Å². The number of carbonyl (C=O) groups is 1. The number of rotatable bonds is 4. The van der Waals surface area contributed by atoms with Gasteiger partial charge in [0.05, 0.1) is 0 Å². The van der Waals surface area contributed by atoms with Crippen LogP contribution in [0.2, 0.25) is 0 Å². The minimum Gasteiger partial charge on any atom is -0.382 e. The number of likely N-dealkylation sites (tertiary alicyclic amines) is 1. The SMILES string of the molecule is CCC(=O)c1ccc(NC2CCN(C)C(C)C2)cc1. The quantitative estimate of drug-likeness (QED) is 0.844. The van der Waals surface area contributed by atoms with E-state index >= 15 is 0 Å². The molecule has 0 aliphatic carbocycles. The molecule has 0 bridgehead atoms. The van der Waals surface area contributed by atoms with Crippen molar-refractivity contribution in [3.63, 3.8) is 0 Å². The van der Waals surface area contributed by atoms with Crippen LogP contribution in [0.3, 0.4) is 0 Å². The molecule has 0 amide bonds. The topological polar surface area (TPSA) is 32.3 Å². The number of hydrogen-bond acceptors (Lipinski definition) is 3. The van der Waals surface area contributed by atoms with E-state index in [1.165, 1.54) is 12.8 Å². The standard InChI is InChI=1S/C16H24N2O/c1-4-16(19)13-5-7-14(8-6-13)17-15-9-10-18(3)12(2)11-15/h5-8,12,15,17H,4,9-11H2,1-3H3. The summed E-state index contributed by atoms with van der Waals surface area (Å²) in [5, 5.41) is 3.58. The first-order valence-corrected chi connectivity index (χ1v) is 7.20. The predicted octanol–water partition coefficient (Wildman–Crippen LogP) is 3.17. The Bertz CT molecular complexity index is 427. The molecule has 0 saturated carbocycles. The molecule has 104 valence electrons. The van der Waals surface area contributed by atoms with Gasteiger partial charge in [0.25, 0.3) is 0 Å². The fraction of sp³-hybridized carbons (Fsp3) is 0.562. The molecule has 0 aromatic heterocycles. The summed E-state index contributed by atoms with van der Waals surface area (Å²) in [4.78, 5) is 14.0. The van der Waals surface area contributed by atoms with E-state index in [1.807, 2.05) is 31.2 Å². The second-order valence-electron chi connectivity index (χ2n) is 5.55. The summed E-state index contributed by atoms with van der Waals surface area (Å²) in [5.41, 5.74) is 1.93. The third-order valence-electron chi connectivity index (χ3n) is 4.11. The fourth-order valence-electron chi connectivity index (χ4n) is 2.61. The van der Waals surface area contributed by atoms with Gasteiger partial charge in [-0.15, -0.1) is 0 Å². The van der Waals surface area contributed by atoms with Crippen molar-refractivity contribution in [2.24, 2.45) is 0 Å². The van der Waals surface area contributed by atoms with E-state index in [1.54, 1.807) is 0 Å². The van der Waals surface area contributed by atoms with Crippen LogP contribution in [0.15, 0.2) is 24.3 Å². The summed E-state index contributed by atoms with van der Waals surface area (Å²) in [5.74, 6) is 0.208. The number of benzene rings is 1. The predicted molar refractivity (Wildman–Crippen MR) is 79.8 cm³/mol. The van der Waals surface area contributed by atoms with Gasteiger partial charge in [-0.3, -0.25) is 4.79 Å². The van der Waals surface area contributed by atoms with E-state index in [9.17, 15) is 4.79 Å². The van der Waals surface area contributed by atoms with Crippen LogP contribution in [0, 0.1) is 0 Å². The Morgan fingerprint density at radius 2 is 2.05 bits per heavy atom. The van der Waals surface area contributed by atoms with Gasteiger partial charge < -0.3 is 10.2 Å². The van der Waals surface area contributed by atoms with Crippen LogP contribution >= 0.6 is 0 Å². The number of Topliss-reactive ketones (excluding diaryl/α,β-unsaturated/α-hetero) is 1. The Morgan fingerprint density at radius 1 is 1.37 bits per heavy atom. The summed E-state index contributed by atoms with van der Waals surface area (Å²) in [6.07, 6.45) is 2.92. The summed E-state index contributed by atoms with van der Waals surface area (Å²) in [7, 11) is 2.19. The normalized spacial score (nSPS) is 24.2. The molecule has 2 unspecified atom stereocenters. The van der Waals surface area contributed by atoms with E-state index in [2.05, 4.69) is 24.2 Å². The Balaban J connectivity index is 1.94. The van der Waals surface area contributed by atoms with Crippen molar-refractivity contribution in [1.29, 1.82) is 0 Å². The lowest BCUT2D eigenvalue weighted by Crippen LogP contribution is -2.42. The molecule has 3 heteroatoms. The van der Waals surface area contributed by atoms with Gasteiger partial charge >= 0.3 is 0 Å². The number of piperidine rings is 1. The van der Waals surface area contributed by atoms with Crippen LogP contribution in [0.25, 0.3) is 0 Å². The molecule has 1 aromatic rings. The molecule has 1 fully saturated rings. The van der Waals surface area contributed by atoms with Gasteiger partial charge in [0.1, 0.15) is 0 Å². The van der Waals surface area contributed by atoms with Crippen molar-refractivity contribution in [2.45, 2.75) is 45.2 Å². The Morgan fingerprint density at radius 3 is 2.63 bits per heavy atom. The molecule has 1 N–H and O–H groups in total. The zero-order valence-corrected chi connectivity index (χ0v) is 12.1. The Hall–Kier alpha value is -1.35. The number of hydrogen-bond donors (Lipinski definition) is 1. The van der Waals surface area contributed by atoms with Crippen LogP contribution in [-0.4, -0.2) is 36.4 Å². The van der Waals surface area contributed by atoms with E-state index in [0.717, 1.165) is 17.8 Å². The molecule has 0 radical (unpaired) electrons. The lowest BCUT2D eigenvalue weighted by Gasteiger charge is -2.35. The summed E-state index contributed by atoms with van der Waals surface area (Å²) >= 11 is 0. The van der Waals surface area contributed by atoms with Crippen molar-refractivity contribution in [3.8, 4) is 0 Å². The maximum atomic E-state index is 11.6. The van der Waals surface area contributed by atoms with Crippen molar-refractivity contribution in [3.05, 3.63) is 29.8 Å². The highest BCUT2D eigenvalue weighted by atomic mass is 16.1. The van der Waals surface area contributed by atoms with Gasteiger partial charge in [-0.25, -0.2) is 0 Å². The Labute approximate surface area is 116 Å². The first kappa shape index (κ1) is 14.1. The first-order chi connectivity index (χ1) is 9.10. The maximum Gasteiger partial charge on any atom is 0.162 e. The third kappa shape index (κ3) is 3.57. The highest BCUT2D eigenvalue weighted by Gasteiger charge is 2.22. The lowest BCUT2D eigenvalue weighted by molar-refractivity contribution is 0.0988. The molecule has 3 nitrogen and oxygen atoms in total. The smallest absolute Gasteiger partial charge is 0.162 e. The van der Waals surface area contributed by atoms with Crippen LogP contribution in [0.1, 0.15) is 43.5 Å². The molecule has 2 rings (SSSR count). The summed E-state index contributed by atoms with van der Waals surface area (Å²) < 4.78 is 0. The molecular formula is C16H24N2O. The van der Waals surface area contributed by atoms with E-state index in [4.69, 9.17) is 0 Å². The van der Waals surface area contributed by atoms with Crippen LogP contribution < -0.4 is 5.32 Å². The third-order valence-corrected chi connectivity index (χ3v) is 4.11. The van der Waals surface area contributed by atoms with Crippen molar-refractivity contribution in [2.75, 3.05) is 18.9 Å². The molecule has 2 atom stereocenters. The first-order valence-electron chi connectivity index (χ1n) is 7.20. The van der Waals surface area contributed by atoms with Crippen molar-refractivity contribution < 1.29 is 4.79 Å². The molecule has 0 spiro atoms. The number of ketones is 1. The van der Waals surface area contributed by atoms with E-state index in [-0.39, 0.29) is 5.78 Å². The molecule has 1 saturated heterocycles. The van der Waals surface area contributed by atoms with Crippen LogP contribution in [0.4, 0.5) is 5.69 Å². The lowest BCUT2D eigenvalue weighted by atomic mass is 9.98. The summed E-state index contributed by atoms with van der Waals surface area (Å²) in [6.45, 7) is 5.32.